The Labute approximate surface area is 73.3 Å². The number of pyridine rings is 1. The van der Waals surface area contributed by atoms with Gasteiger partial charge in [-0.15, -0.1) is 0 Å². The SMILES string of the molecule is Cc1ccc(C[C@@H](C)CO)nc1. The van der Waals surface area contributed by atoms with Crippen molar-refractivity contribution >= 4 is 0 Å². The van der Waals surface area contributed by atoms with Crippen LogP contribution in [0.25, 0.3) is 0 Å². The molecule has 1 N–H and O–H groups in total. The maximum Gasteiger partial charge on any atom is 0.0460 e. The third-order valence-electron chi connectivity index (χ3n) is 1.84. The molecule has 1 aromatic rings. The standard InChI is InChI=1S/C10H15NO/c1-8-3-4-10(11-6-8)5-9(2)7-12/h3-4,6,9,12H,5,7H2,1-2H3/t9-/m1/s1. The van der Waals surface area contributed by atoms with Crippen LogP contribution in [0.3, 0.4) is 0 Å². The van der Waals surface area contributed by atoms with Crippen LogP contribution in [0.15, 0.2) is 18.3 Å². The summed E-state index contributed by atoms with van der Waals surface area (Å²) in [6.45, 7) is 4.27. The van der Waals surface area contributed by atoms with Crippen LogP contribution in [-0.4, -0.2) is 16.7 Å². The molecule has 1 heterocycles. The van der Waals surface area contributed by atoms with Gasteiger partial charge >= 0.3 is 0 Å². The van der Waals surface area contributed by atoms with Crippen molar-refractivity contribution in [3.8, 4) is 0 Å². The fourth-order valence-electron chi connectivity index (χ4n) is 1.04. The van der Waals surface area contributed by atoms with Crippen molar-refractivity contribution < 1.29 is 5.11 Å². The Kier molecular flexibility index (Phi) is 3.23. The van der Waals surface area contributed by atoms with E-state index in [0.29, 0.717) is 5.92 Å². The fraction of sp³-hybridized carbons (Fsp3) is 0.500. The summed E-state index contributed by atoms with van der Waals surface area (Å²) in [5.74, 6) is 0.306. The Morgan fingerprint density at radius 1 is 1.50 bits per heavy atom. The van der Waals surface area contributed by atoms with E-state index in [1.165, 1.54) is 5.56 Å². The minimum atomic E-state index is 0.232. The largest absolute Gasteiger partial charge is 0.396 e. The van der Waals surface area contributed by atoms with E-state index in [2.05, 4.69) is 4.98 Å². The molecule has 0 bridgehead atoms. The molecular formula is C10H15NO. The smallest absolute Gasteiger partial charge is 0.0460 e. The Balaban J connectivity index is 2.58. The predicted octanol–water partition coefficient (Wildman–Crippen LogP) is 1.56. The van der Waals surface area contributed by atoms with Gasteiger partial charge in [-0.05, 0) is 30.9 Å². The van der Waals surface area contributed by atoms with E-state index >= 15 is 0 Å². The average molecular weight is 165 g/mol. The van der Waals surface area contributed by atoms with Crippen molar-refractivity contribution in [3.63, 3.8) is 0 Å². The summed E-state index contributed by atoms with van der Waals surface area (Å²) >= 11 is 0. The van der Waals surface area contributed by atoms with Gasteiger partial charge in [-0.3, -0.25) is 4.98 Å². The summed E-state index contributed by atoms with van der Waals surface area (Å²) in [7, 11) is 0. The van der Waals surface area contributed by atoms with Crippen LogP contribution in [0.1, 0.15) is 18.2 Å². The lowest BCUT2D eigenvalue weighted by atomic mass is 10.1. The van der Waals surface area contributed by atoms with Crippen molar-refractivity contribution in [2.75, 3.05) is 6.61 Å². The topological polar surface area (TPSA) is 33.1 Å². The second-order valence-electron chi connectivity index (χ2n) is 3.32. The molecule has 1 aromatic heterocycles. The zero-order chi connectivity index (χ0) is 8.97. The number of hydrogen-bond acceptors (Lipinski definition) is 2. The highest BCUT2D eigenvalue weighted by atomic mass is 16.3. The monoisotopic (exact) mass is 165 g/mol. The average Bonchev–Trinajstić information content (AvgIpc) is 2.09. The summed E-state index contributed by atoms with van der Waals surface area (Å²) in [6.07, 6.45) is 2.72. The highest BCUT2D eigenvalue weighted by Crippen LogP contribution is 2.05. The molecule has 0 amide bonds. The molecule has 2 heteroatoms. The number of aryl methyl sites for hydroxylation is 1. The quantitative estimate of drug-likeness (QED) is 0.737. The minimum absolute atomic E-state index is 0.232. The zero-order valence-electron chi connectivity index (χ0n) is 7.62. The molecule has 0 fully saturated rings. The van der Waals surface area contributed by atoms with E-state index in [-0.39, 0.29) is 6.61 Å². The van der Waals surface area contributed by atoms with Crippen LogP contribution in [0.4, 0.5) is 0 Å². The molecule has 0 spiro atoms. The Bertz CT molecular complexity index is 230. The van der Waals surface area contributed by atoms with Gasteiger partial charge in [0.2, 0.25) is 0 Å². The molecule has 0 aromatic carbocycles. The Morgan fingerprint density at radius 3 is 2.75 bits per heavy atom. The number of rotatable bonds is 3. The molecule has 66 valence electrons. The number of hydrogen-bond donors (Lipinski definition) is 1. The van der Waals surface area contributed by atoms with Crippen molar-refractivity contribution in [2.45, 2.75) is 20.3 Å². The van der Waals surface area contributed by atoms with Crippen molar-refractivity contribution in [1.82, 2.24) is 4.98 Å². The lowest BCUT2D eigenvalue weighted by molar-refractivity contribution is 0.236. The van der Waals surface area contributed by atoms with E-state index in [9.17, 15) is 0 Å². The van der Waals surface area contributed by atoms with Crippen LogP contribution >= 0.6 is 0 Å². The number of nitrogens with zero attached hydrogens (tertiary/aromatic N) is 1. The Hall–Kier alpha value is -0.890. The van der Waals surface area contributed by atoms with Crippen LogP contribution in [0.2, 0.25) is 0 Å². The zero-order valence-corrected chi connectivity index (χ0v) is 7.62. The van der Waals surface area contributed by atoms with Crippen molar-refractivity contribution in [3.05, 3.63) is 29.6 Å². The number of aromatic nitrogens is 1. The van der Waals surface area contributed by atoms with Gasteiger partial charge in [0.1, 0.15) is 0 Å². The van der Waals surface area contributed by atoms with Gasteiger partial charge in [0.25, 0.3) is 0 Å². The van der Waals surface area contributed by atoms with Crippen molar-refractivity contribution in [1.29, 1.82) is 0 Å². The molecule has 0 saturated carbocycles. The maximum atomic E-state index is 8.82. The second kappa shape index (κ2) is 4.21. The van der Waals surface area contributed by atoms with E-state index < -0.39 is 0 Å². The van der Waals surface area contributed by atoms with Crippen LogP contribution < -0.4 is 0 Å². The summed E-state index contributed by atoms with van der Waals surface area (Å²) in [5.41, 5.74) is 2.23. The Morgan fingerprint density at radius 2 is 2.25 bits per heavy atom. The van der Waals surface area contributed by atoms with Gasteiger partial charge in [0.15, 0.2) is 0 Å². The normalized spacial score (nSPS) is 12.9. The summed E-state index contributed by atoms with van der Waals surface area (Å²) < 4.78 is 0. The van der Waals surface area contributed by atoms with E-state index in [1.54, 1.807) is 0 Å². The summed E-state index contributed by atoms with van der Waals surface area (Å²) in [5, 5.41) is 8.82. The van der Waals surface area contributed by atoms with Crippen LogP contribution in [0, 0.1) is 12.8 Å². The van der Waals surface area contributed by atoms with E-state index in [0.717, 1.165) is 12.1 Å². The first-order valence-electron chi connectivity index (χ1n) is 4.24. The lowest BCUT2D eigenvalue weighted by Gasteiger charge is -2.06. The van der Waals surface area contributed by atoms with Gasteiger partial charge in [0.05, 0.1) is 0 Å². The number of aliphatic hydroxyl groups is 1. The highest BCUT2D eigenvalue weighted by Gasteiger charge is 2.01. The van der Waals surface area contributed by atoms with Gasteiger partial charge in [-0.1, -0.05) is 13.0 Å². The molecule has 0 saturated heterocycles. The van der Waals surface area contributed by atoms with Gasteiger partial charge in [-0.25, -0.2) is 0 Å². The second-order valence-corrected chi connectivity index (χ2v) is 3.32. The highest BCUT2D eigenvalue weighted by molar-refractivity contribution is 5.12. The molecule has 0 aliphatic carbocycles. The molecule has 1 rings (SSSR count). The molecule has 0 aliphatic heterocycles. The predicted molar refractivity (Wildman–Crippen MR) is 48.9 cm³/mol. The van der Waals surface area contributed by atoms with Crippen LogP contribution in [-0.2, 0) is 6.42 Å². The van der Waals surface area contributed by atoms with Gasteiger partial charge < -0.3 is 5.11 Å². The van der Waals surface area contributed by atoms with Crippen molar-refractivity contribution in [2.24, 2.45) is 5.92 Å². The number of aliphatic hydroxyl groups excluding tert-OH is 1. The van der Waals surface area contributed by atoms with E-state index in [4.69, 9.17) is 5.11 Å². The maximum absolute atomic E-state index is 8.82. The first-order chi connectivity index (χ1) is 5.72. The lowest BCUT2D eigenvalue weighted by Crippen LogP contribution is -2.05. The molecular weight excluding hydrogens is 150 g/mol. The molecule has 0 unspecified atom stereocenters. The molecule has 0 radical (unpaired) electrons. The third-order valence-corrected chi connectivity index (χ3v) is 1.84. The van der Waals surface area contributed by atoms with E-state index in [1.807, 2.05) is 32.2 Å². The van der Waals surface area contributed by atoms with Gasteiger partial charge in [-0.2, -0.15) is 0 Å². The third kappa shape index (κ3) is 2.62. The molecule has 1 atom stereocenters. The molecule has 0 aliphatic rings. The first-order valence-corrected chi connectivity index (χ1v) is 4.24. The minimum Gasteiger partial charge on any atom is -0.396 e. The summed E-state index contributed by atoms with van der Waals surface area (Å²) in [4.78, 5) is 4.26. The molecule has 2 nitrogen and oxygen atoms in total. The van der Waals surface area contributed by atoms with Gasteiger partial charge in [0, 0.05) is 18.5 Å². The fourth-order valence-corrected chi connectivity index (χ4v) is 1.04. The van der Waals surface area contributed by atoms with Crippen LogP contribution in [0.5, 0.6) is 0 Å². The molecule has 12 heavy (non-hydrogen) atoms. The summed E-state index contributed by atoms with van der Waals surface area (Å²) in [6, 6.07) is 4.06. The first kappa shape index (κ1) is 9.20.